The van der Waals surface area contributed by atoms with Gasteiger partial charge in [0.25, 0.3) is 11.6 Å². The molecule has 7 nitrogen and oxygen atoms in total. The second-order valence-corrected chi connectivity index (χ2v) is 6.06. The molecule has 1 amide bonds. The summed E-state index contributed by atoms with van der Waals surface area (Å²) in [6, 6.07) is 10.5. The summed E-state index contributed by atoms with van der Waals surface area (Å²) in [4.78, 5) is 35.1. The third-order valence-corrected chi connectivity index (χ3v) is 4.07. The number of rotatable bonds is 7. The number of hydrogen-bond acceptors (Lipinski definition) is 5. The molecule has 2 aromatic rings. The summed E-state index contributed by atoms with van der Waals surface area (Å²) in [5, 5.41) is 11.2. The van der Waals surface area contributed by atoms with Gasteiger partial charge in [0.05, 0.1) is 4.92 Å². The van der Waals surface area contributed by atoms with Crippen LogP contribution < -0.4 is 4.74 Å². The largest absolute Gasteiger partial charge is 0.484 e. The number of carbonyl (C=O) groups excluding carboxylic acids is 2. The fraction of sp³-hybridized carbons (Fsp3) is 0.222. The van der Waals surface area contributed by atoms with Crippen LogP contribution in [0.1, 0.15) is 22.8 Å². The van der Waals surface area contributed by atoms with Gasteiger partial charge in [-0.15, -0.1) is 0 Å². The number of Topliss-reactive ketones (excluding diaryl/α,β-unsaturated/α-hetero) is 1. The van der Waals surface area contributed by atoms with E-state index in [9.17, 15) is 19.7 Å². The summed E-state index contributed by atoms with van der Waals surface area (Å²) in [6.07, 6.45) is 0. The Balaban J connectivity index is 1.96. The third-order valence-electron chi connectivity index (χ3n) is 3.70. The lowest BCUT2D eigenvalue weighted by Crippen LogP contribution is -2.31. The maximum atomic E-state index is 12.2. The average Bonchev–Trinajstić information content (AvgIpc) is 2.61. The number of ether oxygens (including phenoxy) is 1. The van der Waals surface area contributed by atoms with Crippen LogP contribution in [-0.2, 0) is 11.3 Å². The van der Waals surface area contributed by atoms with Crippen molar-refractivity contribution in [2.45, 2.75) is 13.5 Å². The zero-order chi connectivity index (χ0) is 19.3. The Morgan fingerprint density at radius 2 is 1.85 bits per heavy atom. The first kappa shape index (κ1) is 19.4. The Morgan fingerprint density at radius 1 is 1.19 bits per heavy atom. The SMILES string of the molecule is CC(=O)c1ccc(OCC(=O)N(C)Cc2cc([N+](=O)[O-])ccc2Cl)cc1. The lowest BCUT2D eigenvalue weighted by Gasteiger charge is -2.18. The molecule has 0 heterocycles. The van der Waals surface area contributed by atoms with Gasteiger partial charge in [0.1, 0.15) is 5.75 Å². The van der Waals surface area contributed by atoms with E-state index in [4.69, 9.17) is 16.3 Å². The Kier molecular flexibility index (Phi) is 6.30. The number of ketones is 1. The molecule has 0 N–H and O–H groups in total. The highest BCUT2D eigenvalue weighted by atomic mass is 35.5. The molecule has 0 bridgehead atoms. The number of non-ortho nitro benzene ring substituents is 1. The average molecular weight is 377 g/mol. The minimum Gasteiger partial charge on any atom is -0.484 e. The molecule has 26 heavy (non-hydrogen) atoms. The Bertz CT molecular complexity index is 836. The van der Waals surface area contributed by atoms with Crippen molar-refractivity contribution in [2.75, 3.05) is 13.7 Å². The van der Waals surface area contributed by atoms with E-state index in [1.165, 1.54) is 30.0 Å². The summed E-state index contributed by atoms with van der Waals surface area (Å²) in [7, 11) is 1.56. The van der Waals surface area contributed by atoms with Gasteiger partial charge in [0.2, 0.25) is 0 Å². The van der Waals surface area contributed by atoms with Crippen molar-refractivity contribution in [3.8, 4) is 5.75 Å². The van der Waals surface area contributed by atoms with E-state index in [-0.39, 0.29) is 30.5 Å². The molecule has 2 aromatic carbocycles. The van der Waals surface area contributed by atoms with Gasteiger partial charge in [0.15, 0.2) is 12.4 Å². The van der Waals surface area contributed by atoms with Crippen molar-refractivity contribution >= 4 is 29.0 Å². The first-order chi connectivity index (χ1) is 12.3. The fourth-order valence-electron chi connectivity index (χ4n) is 2.18. The predicted octanol–water partition coefficient (Wildman–Crippen LogP) is 3.49. The number of halogens is 1. The molecule has 8 heteroatoms. The normalized spacial score (nSPS) is 10.3. The van der Waals surface area contributed by atoms with E-state index in [1.807, 2.05) is 0 Å². The number of nitro groups is 1. The summed E-state index contributed by atoms with van der Waals surface area (Å²) in [6.45, 7) is 1.38. The summed E-state index contributed by atoms with van der Waals surface area (Å²) < 4.78 is 5.41. The molecule has 2 rings (SSSR count). The zero-order valence-electron chi connectivity index (χ0n) is 14.3. The van der Waals surface area contributed by atoms with E-state index in [0.717, 1.165) is 0 Å². The van der Waals surface area contributed by atoms with Crippen LogP contribution in [0.15, 0.2) is 42.5 Å². The highest BCUT2D eigenvalue weighted by Gasteiger charge is 2.15. The summed E-state index contributed by atoms with van der Waals surface area (Å²) in [5.41, 5.74) is 0.940. The van der Waals surface area contributed by atoms with Crippen LogP contribution in [0.5, 0.6) is 5.75 Å². The molecule has 0 spiro atoms. The minimum atomic E-state index is -0.518. The number of hydrogen-bond donors (Lipinski definition) is 0. The van der Waals surface area contributed by atoms with E-state index < -0.39 is 4.92 Å². The van der Waals surface area contributed by atoms with Gasteiger partial charge >= 0.3 is 0 Å². The van der Waals surface area contributed by atoms with Crippen LogP contribution in [0.3, 0.4) is 0 Å². The number of benzene rings is 2. The van der Waals surface area contributed by atoms with E-state index in [1.54, 1.807) is 31.3 Å². The molecular weight excluding hydrogens is 360 g/mol. The van der Waals surface area contributed by atoms with Gasteiger partial charge in [-0.25, -0.2) is 0 Å². The molecule has 0 aliphatic heterocycles. The first-order valence-electron chi connectivity index (χ1n) is 7.68. The van der Waals surface area contributed by atoms with Crippen molar-refractivity contribution in [2.24, 2.45) is 0 Å². The third kappa shape index (κ3) is 5.03. The number of amides is 1. The number of carbonyl (C=O) groups is 2. The van der Waals surface area contributed by atoms with Crippen LogP contribution in [0, 0.1) is 10.1 Å². The maximum Gasteiger partial charge on any atom is 0.269 e. The Morgan fingerprint density at radius 3 is 2.42 bits per heavy atom. The van der Waals surface area contributed by atoms with Gasteiger partial charge in [-0.1, -0.05) is 11.6 Å². The predicted molar refractivity (Wildman–Crippen MR) is 96.5 cm³/mol. The molecule has 0 fully saturated rings. The zero-order valence-corrected chi connectivity index (χ0v) is 15.0. The Labute approximate surface area is 155 Å². The smallest absolute Gasteiger partial charge is 0.269 e. The topological polar surface area (TPSA) is 89.8 Å². The number of nitro benzene ring substituents is 1. The van der Waals surface area contributed by atoms with E-state index in [2.05, 4.69) is 0 Å². The quantitative estimate of drug-likeness (QED) is 0.419. The summed E-state index contributed by atoms with van der Waals surface area (Å²) in [5.74, 6) is 0.0922. The van der Waals surface area contributed by atoms with Crippen molar-refractivity contribution in [1.82, 2.24) is 4.90 Å². The highest BCUT2D eigenvalue weighted by molar-refractivity contribution is 6.31. The second kappa shape index (κ2) is 8.44. The lowest BCUT2D eigenvalue weighted by atomic mass is 10.1. The van der Waals surface area contributed by atoms with E-state index in [0.29, 0.717) is 21.9 Å². The van der Waals surface area contributed by atoms with Crippen LogP contribution in [0.4, 0.5) is 5.69 Å². The monoisotopic (exact) mass is 376 g/mol. The molecule has 0 aliphatic rings. The lowest BCUT2D eigenvalue weighted by molar-refractivity contribution is -0.384. The fourth-order valence-corrected chi connectivity index (χ4v) is 2.36. The molecule has 0 unspecified atom stereocenters. The minimum absolute atomic E-state index is 0.0545. The highest BCUT2D eigenvalue weighted by Crippen LogP contribution is 2.23. The standard InChI is InChI=1S/C18H17ClN2O5/c1-12(22)13-3-6-16(7-4-13)26-11-18(23)20(2)10-14-9-15(21(24)25)5-8-17(14)19/h3-9H,10-11H2,1-2H3. The molecular formula is C18H17ClN2O5. The molecule has 0 aliphatic carbocycles. The van der Waals surface area contributed by atoms with Crippen molar-refractivity contribution in [1.29, 1.82) is 0 Å². The maximum absolute atomic E-state index is 12.2. The van der Waals surface area contributed by atoms with Crippen LogP contribution >= 0.6 is 11.6 Å². The van der Waals surface area contributed by atoms with Crippen molar-refractivity contribution in [3.63, 3.8) is 0 Å². The second-order valence-electron chi connectivity index (χ2n) is 5.65. The molecule has 136 valence electrons. The molecule has 0 saturated carbocycles. The van der Waals surface area contributed by atoms with Crippen molar-refractivity contribution < 1.29 is 19.2 Å². The van der Waals surface area contributed by atoms with E-state index >= 15 is 0 Å². The van der Waals surface area contributed by atoms with Gasteiger partial charge < -0.3 is 9.64 Å². The number of nitrogens with zero attached hydrogens (tertiary/aromatic N) is 2. The van der Waals surface area contributed by atoms with Gasteiger partial charge in [0, 0.05) is 36.3 Å². The molecule has 0 atom stereocenters. The first-order valence-corrected chi connectivity index (χ1v) is 8.06. The van der Waals surface area contributed by atoms with Crippen LogP contribution in [0.25, 0.3) is 0 Å². The van der Waals surface area contributed by atoms with Crippen molar-refractivity contribution in [3.05, 3.63) is 68.7 Å². The molecule has 0 radical (unpaired) electrons. The number of likely N-dealkylation sites (N-methyl/N-ethyl adjacent to an activating group) is 1. The van der Waals surface area contributed by atoms with Crippen LogP contribution in [-0.4, -0.2) is 35.2 Å². The van der Waals surface area contributed by atoms with Crippen LogP contribution in [0.2, 0.25) is 5.02 Å². The van der Waals surface area contributed by atoms with Gasteiger partial charge in [-0.2, -0.15) is 0 Å². The molecule has 0 saturated heterocycles. The Hall–Kier alpha value is -2.93. The van der Waals surface area contributed by atoms with Gasteiger partial charge in [-0.05, 0) is 42.8 Å². The molecule has 0 aromatic heterocycles. The van der Waals surface area contributed by atoms with Gasteiger partial charge in [-0.3, -0.25) is 19.7 Å². The summed E-state index contributed by atoms with van der Waals surface area (Å²) >= 11 is 6.04.